The van der Waals surface area contributed by atoms with Crippen molar-refractivity contribution < 1.29 is 18.3 Å². The zero-order chi connectivity index (χ0) is 18.7. The number of halogens is 3. The van der Waals surface area contributed by atoms with Crippen LogP contribution in [0.2, 0.25) is 5.02 Å². The van der Waals surface area contributed by atoms with Crippen LogP contribution in [-0.4, -0.2) is 35.8 Å². The second kappa shape index (κ2) is 8.01. The first-order chi connectivity index (χ1) is 12.5. The van der Waals surface area contributed by atoms with Gasteiger partial charge in [0.1, 0.15) is 18.6 Å². The molecule has 1 fully saturated rings. The molecule has 3 unspecified atom stereocenters. The van der Waals surface area contributed by atoms with Crippen molar-refractivity contribution in [1.82, 2.24) is 4.90 Å². The van der Waals surface area contributed by atoms with Gasteiger partial charge in [-0.25, -0.2) is 13.6 Å². The van der Waals surface area contributed by atoms with Gasteiger partial charge in [0.25, 0.3) is 0 Å². The number of alkyl halides is 1. The van der Waals surface area contributed by atoms with Crippen LogP contribution in [0.4, 0.5) is 13.6 Å². The van der Waals surface area contributed by atoms with Crippen molar-refractivity contribution in [3.05, 3.63) is 70.5 Å². The fourth-order valence-electron chi connectivity index (χ4n) is 3.08. The number of hydrogen-bond donors (Lipinski definition) is 1. The van der Waals surface area contributed by atoms with Crippen LogP contribution in [0.3, 0.4) is 0 Å². The Balaban J connectivity index is 1.72. The molecule has 0 bridgehead atoms. The molecule has 4 nitrogen and oxygen atoms in total. The van der Waals surface area contributed by atoms with E-state index in [1.54, 1.807) is 12.1 Å². The molecule has 7 heteroatoms. The third-order valence-electron chi connectivity index (χ3n) is 4.53. The van der Waals surface area contributed by atoms with Gasteiger partial charge in [0.15, 0.2) is 0 Å². The van der Waals surface area contributed by atoms with Gasteiger partial charge in [0.2, 0.25) is 0 Å². The summed E-state index contributed by atoms with van der Waals surface area (Å²) in [6, 6.07) is 12.1. The molecular formula is C19H19ClF2N2O2. The smallest absolute Gasteiger partial charge is 0.410 e. The maximum Gasteiger partial charge on any atom is 0.410 e. The molecule has 26 heavy (non-hydrogen) atoms. The minimum atomic E-state index is -1.40. The number of nitrogens with two attached hydrogens (primary N) is 1. The lowest BCUT2D eigenvalue weighted by Gasteiger charge is -2.26. The third kappa shape index (κ3) is 3.97. The summed E-state index contributed by atoms with van der Waals surface area (Å²) >= 11 is 5.80. The van der Waals surface area contributed by atoms with E-state index in [9.17, 15) is 13.6 Å². The lowest BCUT2D eigenvalue weighted by Crippen LogP contribution is -2.45. The number of nitrogens with zero attached hydrogens (tertiary/aromatic N) is 1. The van der Waals surface area contributed by atoms with Gasteiger partial charge >= 0.3 is 6.09 Å². The van der Waals surface area contributed by atoms with Crippen molar-refractivity contribution in [2.24, 2.45) is 5.73 Å². The molecule has 2 aromatic carbocycles. The summed E-state index contributed by atoms with van der Waals surface area (Å²) in [5.41, 5.74) is 7.02. The van der Waals surface area contributed by atoms with E-state index in [0.717, 1.165) is 5.56 Å². The molecule has 2 aromatic rings. The summed E-state index contributed by atoms with van der Waals surface area (Å²) in [5, 5.41) is -0.0240. The van der Waals surface area contributed by atoms with Gasteiger partial charge in [-0.3, -0.25) is 0 Å². The molecule has 1 amide bonds. The lowest BCUT2D eigenvalue weighted by molar-refractivity contribution is 0.0897. The second-order valence-electron chi connectivity index (χ2n) is 6.27. The Morgan fingerprint density at radius 2 is 1.96 bits per heavy atom. The summed E-state index contributed by atoms with van der Waals surface area (Å²) in [6.07, 6.45) is -2.00. The van der Waals surface area contributed by atoms with E-state index in [1.807, 2.05) is 30.3 Å². The Kier molecular flexibility index (Phi) is 5.74. The largest absolute Gasteiger partial charge is 0.445 e. The van der Waals surface area contributed by atoms with Crippen LogP contribution in [0.25, 0.3) is 0 Å². The summed E-state index contributed by atoms with van der Waals surface area (Å²) < 4.78 is 33.6. The molecule has 1 aliphatic heterocycles. The van der Waals surface area contributed by atoms with E-state index in [2.05, 4.69) is 0 Å². The third-order valence-corrected chi connectivity index (χ3v) is 4.83. The number of benzene rings is 2. The van der Waals surface area contributed by atoms with Crippen LogP contribution in [0.5, 0.6) is 0 Å². The average molecular weight is 381 g/mol. The number of hydrogen-bond acceptors (Lipinski definition) is 3. The molecule has 3 atom stereocenters. The van der Waals surface area contributed by atoms with Gasteiger partial charge in [-0.05, 0) is 23.6 Å². The zero-order valence-corrected chi connectivity index (χ0v) is 14.7. The topological polar surface area (TPSA) is 55.6 Å². The number of rotatable bonds is 4. The Hall–Kier alpha value is -2.18. The van der Waals surface area contributed by atoms with Crippen LogP contribution in [-0.2, 0) is 17.8 Å². The van der Waals surface area contributed by atoms with Gasteiger partial charge in [-0.2, -0.15) is 0 Å². The standard InChI is InChI=1S/C19H19ClF2N2O2/c20-14-8-4-7-13(17(14)22)9-16-18(23)15(21)10-24(16)19(25)26-11-12-5-2-1-3-6-12/h1-8,15-16,18H,9-11,23H2. The van der Waals surface area contributed by atoms with Crippen LogP contribution in [0.1, 0.15) is 11.1 Å². The van der Waals surface area contributed by atoms with Crippen LogP contribution in [0.15, 0.2) is 48.5 Å². The number of carbonyl (C=O) groups excluding carboxylic acids is 1. The Labute approximate surface area is 155 Å². The molecule has 2 N–H and O–H groups in total. The van der Waals surface area contributed by atoms with Gasteiger partial charge < -0.3 is 15.4 Å². The lowest BCUT2D eigenvalue weighted by atomic mass is 10.00. The quantitative estimate of drug-likeness (QED) is 0.879. The highest BCUT2D eigenvalue weighted by Gasteiger charge is 2.43. The highest BCUT2D eigenvalue weighted by atomic mass is 35.5. The fraction of sp³-hybridized carbons (Fsp3) is 0.316. The van der Waals surface area contributed by atoms with Crippen molar-refractivity contribution in [3.8, 4) is 0 Å². The van der Waals surface area contributed by atoms with Crippen molar-refractivity contribution in [3.63, 3.8) is 0 Å². The normalized spacial score (nSPS) is 22.5. The van der Waals surface area contributed by atoms with Gasteiger partial charge in [0, 0.05) is 0 Å². The summed E-state index contributed by atoms with van der Waals surface area (Å²) in [4.78, 5) is 13.7. The van der Waals surface area contributed by atoms with Gasteiger partial charge in [-0.15, -0.1) is 0 Å². The van der Waals surface area contributed by atoms with E-state index in [-0.39, 0.29) is 30.2 Å². The number of likely N-dealkylation sites (tertiary alicyclic amines) is 1. The molecule has 0 radical (unpaired) electrons. The van der Waals surface area contributed by atoms with Crippen molar-refractivity contribution in [2.45, 2.75) is 31.3 Å². The average Bonchev–Trinajstić information content (AvgIpc) is 2.93. The first-order valence-corrected chi connectivity index (χ1v) is 8.65. The van der Waals surface area contributed by atoms with E-state index < -0.39 is 30.2 Å². The number of amides is 1. The molecule has 1 heterocycles. The molecule has 138 valence electrons. The molecular weight excluding hydrogens is 362 g/mol. The van der Waals surface area contributed by atoms with Crippen LogP contribution < -0.4 is 5.73 Å². The monoisotopic (exact) mass is 380 g/mol. The fourth-order valence-corrected chi connectivity index (χ4v) is 3.28. The number of ether oxygens (including phenoxy) is 1. The van der Waals surface area contributed by atoms with E-state index in [1.165, 1.54) is 11.0 Å². The molecule has 0 aliphatic carbocycles. The van der Waals surface area contributed by atoms with Crippen LogP contribution in [0, 0.1) is 5.82 Å². The Morgan fingerprint density at radius 3 is 2.69 bits per heavy atom. The Morgan fingerprint density at radius 1 is 1.23 bits per heavy atom. The van der Waals surface area contributed by atoms with Crippen LogP contribution >= 0.6 is 11.6 Å². The molecule has 0 aromatic heterocycles. The van der Waals surface area contributed by atoms with Gasteiger partial charge in [0.05, 0.1) is 23.7 Å². The molecule has 0 spiro atoms. The first kappa shape index (κ1) is 18.6. The molecule has 3 rings (SSSR count). The first-order valence-electron chi connectivity index (χ1n) is 8.27. The number of carbonyl (C=O) groups is 1. The predicted molar refractivity (Wildman–Crippen MR) is 95.1 cm³/mol. The summed E-state index contributed by atoms with van der Waals surface area (Å²) in [7, 11) is 0. The van der Waals surface area contributed by atoms with Crippen molar-refractivity contribution >= 4 is 17.7 Å². The minimum absolute atomic E-state index is 0.0240. The zero-order valence-electron chi connectivity index (χ0n) is 13.9. The van der Waals surface area contributed by atoms with Gasteiger partial charge in [-0.1, -0.05) is 54.1 Å². The summed E-state index contributed by atoms with van der Waals surface area (Å²) in [6.45, 7) is -0.109. The maximum absolute atomic E-state index is 14.2. The SMILES string of the molecule is NC1C(F)CN(C(=O)OCc2ccccc2)C1Cc1cccc(Cl)c1F. The summed E-state index contributed by atoms with van der Waals surface area (Å²) in [5.74, 6) is -0.582. The predicted octanol–water partition coefficient (Wildman–Crippen LogP) is 3.71. The maximum atomic E-state index is 14.2. The second-order valence-corrected chi connectivity index (χ2v) is 6.68. The van der Waals surface area contributed by atoms with E-state index in [0.29, 0.717) is 0 Å². The van der Waals surface area contributed by atoms with Crippen molar-refractivity contribution in [2.75, 3.05) is 6.54 Å². The van der Waals surface area contributed by atoms with Crippen molar-refractivity contribution in [1.29, 1.82) is 0 Å². The highest BCUT2D eigenvalue weighted by Crippen LogP contribution is 2.27. The molecule has 1 saturated heterocycles. The van der Waals surface area contributed by atoms with E-state index >= 15 is 0 Å². The Bertz CT molecular complexity index is 775. The minimum Gasteiger partial charge on any atom is -0.445 e. The highest BCUT2D eigenvalue weighted by molar-refractivity contribution is 6.30. The molecule has 0 saturated carbocycles. The molecule has 1 aliphatic rings. The van der Waals surface area contributed by atoms with E-state index in [4.69, 9.17) is 22.1 Å².